The molecule has 0 amide bonds. The standard InChI is InChI=1S/C17H29NO2S/c1-5-14(4)16(15-10-8-13-21-15)17(19)20-12-9-11-18(6-2)7-3/h8,10,13-14,16H,5-7,9,11-12H2,1-4H3. The predicted octanol–water partition coefficient (Wildman–Crippen LogP) is 4.15. The molecular weight excluding hydrogens is 282 g/mol. The highest BCUT2D eigenvalue weighted by atomic mass is 32.1. The van der Waals surface area contributed by atoms with Crippen molar-refractivity contribution >= 4 is 17.3 Å². The minimum Gasteiger partial charge on any atom is -0.465 e. The van der Waals surface area contributed by atoms with Crippen LogP contribution in [0.3, 0.4) is 0 Å². The normalized spacial score (nSPS) is 14.1. The van der Waals surface area contributed by atoms with Gasteiger partial charge in [-0.25, -0.2) is 0 Å². The summed E-state index contributed by atoms with van der Waals surface area (Å²) < 4.78 is 5.53. The molecule has 0 aromatic carbocycles. The second-order valence-electron chi connectivity index (χ2n) is 5.43. The van der Waals surface area contributed by atoms with Gasteiger partial charge in [0.05, 0.1) is 12.5 Å². The van der Waals surface area contributed by atoms with Crippen molar-refractivity contribution in [2.75, 3.05) is 26.2 Å². The summed E-state index contributed by atoms with van der Waals surface area (Å²) in [6.45, 7) is 12.2. The van der Waals surface area contributed by atoms with E-state index in [4.69, 9.17) is 4.74 Å². The lowest BCUT2D eigenvalue weighted by Crippen LogP contribution is -2.26. The van der Waals surface area contributed by atoms with E-state index in [9.17, 15) is 4.79 Å². The number of hydrogen-bond acceptors (Lipinski definition) is 4. The van der Waals surface area contributed by atoms with Crippen molar-refractivity contribution in [3.05, 3.63) is 22.4 Å². The van der Waals surface area contributed by atoms with Gasteiger partial charge in [0.15, 0.2) is 0 Å². The molecule has 1 rings (SSSR count). The SMILES string of the molecule is CCC(C)C(C(=O)OCCCN(CC)CC)c1cccs1. The first kappa shape index (κ1) is 18.2. The molecule has 0 bridgehead atoms. The van der Waals surface area contributed by atoms with Gasteiger partial charge in [-0.3, -0.25) is 4.79 Å². The topological polar surface area (TPSA) is 29.5 Å². The third-order valence-corrected chi connectivity index (χ3v) is 5.03. The molecule has 0 saturated heterocycles. The van der Waals surface area contributed by atoms with Crippen LogP contribution in [0.15, 0.2) is 17.5 Å². The second-order valence-corrected chi connectivity index (χ2v) is 6.41. The summed E-state index contributed by atoms with van der Waals surface area (Å²) in [5.74, 6) is 0.147. The Morgan fingerprint density at radius 2 is 2.05 bits per heavy atom. The molecule has 1 heterocycles. The predicted molar refractivity (Wildman–Crippen MR) is 89.9 cm³/mol. The molecule has 120 valence electrons. The molecule has 0 N–H and O–H groups in total. The Bertz CT molecular complexity index is 388. The highest BCUT2D eigenvalue weighted by Gasteiger charge is 2.28. The third-order valence-electron chi connectivity index (χ3n) is 4.07. The van der Waals surface area contributed by atoms with E-state index in [1.807, 2.05) is 17.5 Å². The Kier molecular flexibility index (Phi) is 8.62. The Morgan fingerprint density at radius 3 is 2.57 bits per heavy atom. The van der Waals surface area contributed by atoms with E-state index in [0.29, 0.717) is 12.5 Å². The molecule has 0 aliphatic heterocycles. The fourth-order valence-corrected chi connectivity index (χ4v) is 3.37. The van der Waals surface area contributed by atoms with Crippen LogP contribution >= 0.6 is 11.3 Å². The molecule has 4 heteroatoms. The van der Waals surface area contributed by atoms with Gasteiger partial charge < -0.3 is 9.64 Å². The number of rotatable bonds is 10. The van der Waals surface area contributed by atoms with Crippen LogP contribution < -0.4 is 0 Å². The van der Waals surface area contributed by atoms with Crippen molar-refractivity contribution < 1.29 is 9.53 Å². The van der Waals surface area contributed by atoms with Crippen molar-refractivity contribution in [1.29, 1.82) is 0 Å². The maximum atomic E-state index is 12.4. The Morgan fingerprint density at radius 1 is 1.33 bits per heavy atom. The van der Waals surface area contributed by atoms with Gasteiger partial charge in [0.2, 0.25) is 0 Å². The zero-order valence-corrected chi connectivity index (χ0v) is 14.6. The minimum absolute atomic E-state index is 0.0636. The zero-order chi connectivity index (χ0) is 15.7. The van der Waals surface area contributed by atoms with Crippen molar-refractivity contribution in [2.24, 2.45) is 5.92 Å². The molecule has 2 unspecified atom stereocenters. The molecule has 0 aliphatic rings. The van der Waals surface area contributed by atoms with Crippen LogP contribution in [0.25, 0.3) is 0 Å². The van der Waals surface area contributed by atoms with Gasteiger partial charge in [0, 0.05) is 11.4 Å². The lowest BCUT2D eigenvalue weighted by Gasteiger charge is -2.21. The number of thiophene rings is 1. The van der Waals surface area contributed by atoms with Crippen LogP contribution in [0.4, 0.5) is 0 Å². The largest absolute Gasteiger partial charge is 0.465 e. The van der Waals surface area contributed by atoms with Crippen molar-refractivity contribution in [3.63, 3.8) is 0 Å². The number of nitrogens with zero attached hydrogens (tertiary/aromatic N) is 1. The van der Waals surface area contributed by atoms with Crippen molar-refractivity contribution in [1.82, 2.24) is 4.90 Å². The van der Waals surface area contributed by atoms with E-state index in [0.717, 1.165) is 37.4 Å². The van der Waals surface area contributed by atoms with Crippen LogP contribution in [0.5, 0.6) is 0 Å². The van der Waals surface area contributed by atoms with Gasteiger partial charge in [-0.1, -0.05) is 40.2 Å². The molecule has 2 atom stereocenters. The molecule has 0 radical (unpaired) electrons. The van der Waals surface area contributed by atoms with Crippen molar-refractivity contribution in [3.8, 4) is 0 Å². The highest BCUT2D eigenvalue weighted by molar-refractivity contribution is 7.10. The van der Waals surface area contributed by atoms with Gasteiger partial charge in [0.1, 0.15) is 0 Å². The maximum Gasteiger partial charge on any atom is 0.314 e. The fourth-order valence-electron chi connectivity index (χ4n) is 2.42. The molecule has 1 aromatic heterocycles. The average molecular weight is 311 g/mol. The van der Waals surface area contributed by atoms with Gasteiger partial charge in [-0.2, -0.15) is 0 Å². The summed E-state index contributed by atoms with van der Waals surface area (Å²) in [5, 5.41) is 2.03. The Labute approximate surface area is 133 Å². The second kappa shape index (κ2) is 9.96. The van der Waals surface area contributed by atoms with Crippen LogP contribution in [-0.4, -0.2) is 37.1 Å². The van der Waals surface area contributed by atoms with Gasteiger partial charge >= 0.3 is 5.97 Å². The van der Waals surface area contributed by atoms with E-state index in [2.05, 4.69) is 32.6 Å². The van der Waals surface area contributed by atoms with Gasteiger partial charge in [-0.15, -0.1) is 11.3 Å². The first-order chi connectivity index (χ1) is 10.1. The third kappa shape index (κ3) is 5.79. The average Bonchev–Trinajstić information content (AvgIpc) is 3.01. The van der Waals surface area contributed by atoms with E-state index in [1.165, 1.54) is 0 Å². The molecule has 0 saturated carbocycles. The monoisotopic (exact) mass is 311 g/mol. The molecule has 0 spiro atoms. The van der Waals surface area contributed by atoms with E-state index in [-0.39, 0.29) is 11.9 Å². The summed E-state index contributed by atoms with van der Waals surface area (Å²) in [6.07, 6.45) is 1.89. The quantitative estimate of drug-likeness (QED) is 0.480. The number of esters is 1. The Balaban J connectivity index is 2.47. The van der Waals surface area contributed by atoms with E-state index >= 15 is 0 Å². The van der Waals surface area contributed by atoms with Crippen LogP contribution in [-0.2, 0) is 9.53 Å². The van der Waals surface area contributed by atoms with Crippen LogP contribution in [0.1, 0.15) is 51.3 Å². The lowest BCUT2D eigenvalue weighted by molar-refractivity contribution is -0.146. The number of carbonyl (C=O) groups excluding carboxylic acids is 1. The van der Waals surface area contributed by atoms with Crippen LogP contribution in [0.2, 0.25) is 0 Å². The summed E-state index contributed by atoms with van der Waals surface area (Å²) in [7, 11) is 0. The first-order valence-corrected chi connectivity index (χ1v) is 8.94. The fraction of sp³-hybridized carbons (Fsp3) is 0.706. The molecule has 0 aliphatic carbocycles. The summed E-state index contributed by atoms with van der Waals surface area (Å²) >= 11 is 1.65. The Hall–Kier alpha value is -0.870. The summed E-state index contributed by atoms with van der Waals surface area (Å²) in [6, 6.07) is 4.04. The van der Waals surface area contributed by atoms with Gasteiger partial charge in [-0.05, 0) is 36.9 Å². The minimum atomic E-state index is -0.108. The maximum absolute atomic E-state index is 12.4. The van der Waals surface area contributed by atoms with Crippen molar-refractivity contribution in [2.45, 2.75) is 46.5 Å². The summed E-state index contributed by atoms with van der Waals surface area (Å²) in [4.78, 5) is 15.9. The van der Waals surface area contributed by atoms with Crippen LogP contribution in [0, 0.1) is 5.92 Å². The first-order valence-electron chi connectivity index (χ1n) is 8.06. The summed E-state index contributed by atoms with van der Waals surface area (Å²) in [5.41, 5.74) is 0. The molecule has 3 nitrogen and oxygen atoms in total. The van der Waals surface area contributed by atoms with E-state index in [1.54, 1.807) is 11.3 Å². The molecule has 0 fully saturated rings. The highest BCUT2D eigenvalue weighted by Crippen LogP contribution is 2.31. The smallest absolute Gasteiger partial charge is 0.314 e. The lowest BCUT2D eigenvalue weighted by atomic mass is 9.90. The molecule has 21 heavy (non-hydrogen) atoms. The molecular formula is C17H29NO2S. The van der Waals surface area contributed by atoms with Gasteiger partial charge in [0.25, 0.3) is 0 Å². The zero-order valence-electron chi connectivity index (χ0n) is 13.8. The van der Waals surface area contributed by atoms with E-state index < -0.39 is 0 Å². The number of carbonyl (C=O) groups is 1. The molecule has 1 aromatic rings. The number of hydrogen-bond donors (Lipinski definition) is 0. The number of ether oxygens (including phenoxy) is 1.